The fraction of sp³-hybridized carbons (Fsp3) is 0.452. The summed E-state index contributed by atoms with van der Waals surface area (Å²) in [6.07, 6.45) is 23.2. The number of nitrogens with zero attached hydrogens (tertiary/aromatic N) is 8. The van der Waals surface area contributed by atoms with Crippen LogP contribution in [-0.4, -0.2) is 213 Å². The maximum atomic E-state index is 13.3. The summed E-state index contributed by atoms with van der Waals surface area (Å²) in [4.78, 5) is 87.0. The number of sulfone groups is 1. The second-order valence-corrected chi connectivity index (χ2v) is 42.7. The fourth-order valence-electron chi connectivity index (χ4n) is 16.5. The van der Waals surface area contributed by atoms with Gasteiger partial charge in [0.15, 0.2) is 5.76 Å². The highest BCUT2D eigenvalue weighted by Gasteiger charge is 2.40. The van der Waals surface area contributed by atoms with Gasteiger partial charge in [0.1, 0.15) is 48.9 Å². The molecule has 6 aliphatic rings. The predicted octanol–water partition coefficient (Wildman–Crippen LogP) is 6.53. The van der Waals surface area contributed by atoms with E-state index >= 15 is 0 Å². The smallest absolute Gasteiger partial charge is 0.333 e. The summed E-state index contributed by atoms with van der Waals surface area (Å²) in [6.45, 7) is 5.84. The molecule has 712 valence electrons. The summed E-state index contributed by atoms with van der Waals surface area (Å²) in [5.41, 5.74) is 6.29. The zero-order valence-electron chi connectivity index (χ0n) is 71.3. The number of carbonyl (C=O) groups excluding carboxylic acids is 4. The molecule has 0 bridgehead atoms. The molecule has 13 atom stereocenters. The number of carbonyl (C=O) groups is 4. The number of aromatic nitrogens is 8. The Hall–Kier alpha value is -9.33. The van der Waals surface area contributed by atoms with E-state index in [0.29, 0.717) is 107 Å². The van der Waals surface area contributed by atoms with Crippen molar-refractivity contribution < 1.29 is 113 Å². The van der Waals surface area contributed by atoms with E-state index in [1.807, 2.05) is 17.5 Å². The van der Waals surface area contributed by atoms with Crippen molar-refractivity contribution in [3.05, 3.63) is 216 Å². The fourth-order valence-corrected chi connectivity index (χ4v) is 22.2. The van der Waals surface area contributed by atoms with Crippen LogP contribution in [0.1, 0.15) is 187 Å². The Bertz CT molecular complexity index is 6160. The average Bonchev–Trinajstić information content (AvgIpc) is 1.56. The SMILES string of the molecule is C=C(C)C(O)c1coc(C(=O)c2cncnc2N[C@@H]2C[C@H](COS(N)(=O)=O)[C@@H](O)C2)c1.NS(=O)(=O)OC[C@H]1C[C@@H](Cc2ncncc2C(=O)c2cc(CC3CCCCC3)cs2)C[C@@H]1O.NS(=O)(=O)OC[C@H]1C[C@@H](Nc2ncncc2C(=O)c2cc(CC3=CCOCC3)cs2)C[C@@H]1O.NS(=O)(=O)OC[C@H]1C[C@@H](Nc2ncncc2C(=O)c2cc(S(=O)(=O)c3ccccc3)cs2)C[C@@H]1O. The van der Waals surface area contributed by atoms with E-state index < -0.39 is 111 Å². The van der Waals surface area contributed by atoms with Gasteiger partial charge >= 0.3 is 41.2 Å². The summed E-state index contributed by atoms with van der Waals surface area (Å²) in [7, 11) is -20.1. The summed E-state index contributed by atoms with van der Waals surface area (Å²) < 4.78 is 143. The zero-order chi connectivity index (χ0) is 94.8. The van der Waals surface area contributed by atoms with Gasteiger partial charge in [-0.05, 0) is 160 Å². The molecule has 8 aromatic heterocycles. The Balaban J connectivity index is 0.000000159. The van der Waals surface area contributed by atoms with Crippen molar-refractivity contribution >= 4 is 126 Å². The molecule has 40 nitrogen and oxygen atoms in total. The third kappa shape index (κ3) is 29.3. The third-order valence-corrected chi connectivity index (χ3v) is 29.9. The Morgan fingerprint density at radius 2 is 0.939 bits per heavy atom. The van der Waals surface area contributed by atoms with Gasteiger partial charge in [0.2, 0.25) is 33.0 Å². The minimum Gasteiger partial charge on any atom is -0.460 e. The van der Waals surface area contributed by atoms with Crippen LogP contribution in [0.25, 0.3) is 0 Å². The van der Waals surface area contributed by atoms with Crippen molar-refractivity contribution in [2.75, 3.05) is 55.6 Å². The molecule has 0 saturated heterocycles. The highest BCUT2D eigenvalue weighted by atomic mass is 32.3. The number of rotatable bonds is 36. The first kappa shape index (κ1) is 102. The van der Waals surface area contributed by atoms with E-state index in [1.165, 1.54) is 146 Å². The predicted molar refractivity (Wildman–Crippen MR) is 483 cm³/mol. The molecule has 48 heteroatoms. The summed E-state index contributed by atoms with van der Waals surface area (Å²) in [5, 5.41) is 85.4. The van der Waals surface area contributed by atoms with E-state index in [4.69, 9.17) is 29.7 Å². The average molecular weight is 1980 g/mol. The lowest BCUT2D eigenvalue weighted by Gasteiger charge is -2.20. The van der Waals surface area contributed by atoms with E-state index in [2.05, 4.69) is 90.6 Å². The number of hydrogen-bond acceptors (Lipinski definition) is 39. The molecule has 15 rings (SSSR count). The molecule has 16 N–H and O–H groups in total. The van der Waals surface area contributed by atoms with Crippen LogP contribution in [0.15, 0.2) is 165 Å². The van der Waals surface area contributed by atoms with Gasteiger partial charge in [0.05, 0.1) is 123 Å². The Morgan fingerprint density at radius 1 is 0.508 bits per heavy atom. The van der Waals surface area contributed by atoms with E-state index in [0.717, 1.165) is 42.8 Å². The van der Waals surface area contributed by atoms with Gasteiger partial charge in [-0.25, -0.2) is 68.8 Å². The Kier molecular flexibility index (Phi) is 35.3. The molecule has 0 spiro atoms. The number of thiophene rings is 3. The summed E-state index contributed by atoms with van der Waals surface area (Å²) in [5.74, 6) is -1.25. The second kappa shape index (κ2) is 45.8. The molecule has 5 fully saturated rings. The van der Waals surface area contributed by atoms with Crippen LogP contribution >= 0.6 is 34.0 Å². The van der Waals surface area contributed by atoms with Crippen LogP contribution in [0, 0.1) is 35.5 Å². The van der Waals surface area contributed by atoms with E-state index in [1.54, 1.807) is 31.3 Å². The van der Waals surface area contributed by atoms with Crippen LogP contribution in [0.5, 0.6) is 0 Å². The third-order valence-electron chi connectivity index (χ3n) is 23.2. The largest absolute Gasteiger partial charge is 0.460 e. The van der Waals surface area contributed by atoms with Gasteiger partial charge in [0.25, 0.3) is 0 Å². The lowest BCUT2D eigenvalue weighted by molar-refractivity contribution is 0.0998. The van der Waals surface area contributed by atoms with Gasteiger partial charge in [-0.1, -0.05) is 68.5 Å². The molecule has 132 heavy (non-hydrogen) atoms. The molecule has 5 aliphatic carbocycles. The standard InChI is InChI=1S/C23H31N3O5S2.C21H22N4O7S3.C21H26N4O6S2.C19H24N4O7S/c24-33(29,30)31-12-18-7-16(9-21(18)27)8-20-19(11-25-14-26-20)23(28)22-10-17(13-32-22)6-15-4-2-1-3-5-15;22-35(30,31)32-10-13-6-14(7-18(13)26)25-21-17(9-23-12-24-21)20(27)19-8-16(11-33-19)34(28,29)15-4-2-1-3-5-15;22-33(28,29)31-10-15-7-16(8-18(15)26)25-21-17(9-23-12-24-21)20(27)19-6-14(11-32-19)5-13-1-3-30-4-2-13;1-10(2)17(25)12-4-16(29-7-12)18(26)14-6-21-9-22-19(14)23-13-3-11(15(24)5-13)8-30-31(20,27)28/h10-11,13-16,18,21,27H,1-9,12H2,(H2,24,29,30);1-5,8-9,11-14,18,26H,6-7,10H2,(H2,22,30,31)(H,23,24,25);1,6,9,11-12,15-16,18,26H,2-5,7-8,10H2,(H2,22,28,29)(H,23,24,25);4,6-7,9,11,13,15,17,24-25H,1,3,5,8H2,2H3,(H2,20,27,28)(H,21,22,23)/t16-,18+,21-;13-,14-,18+;15-,16-,18+;11-,13-,15+,17?/m0111/s1. The first-order valence-corrected chi connectivity index (χ1v) is 52.0. The van der Waals surface area contributed by atoms with Gasteiger partial charge in [0, 0.05) is 77.5 Å². The van der Waals surface area contributed by atoms with Crippen molar-refractivity contribution in [3.8, 4) is 0 Å². The van der Waals surface area contributed by atoms with Crippen molar-refractivity contribution in [2.45, 2.75) is 175 Å². The van der Waals surface area contributed by atoms with Crippen molar-refractivity contribution in [1.82, 2.24) is 39.9 Å². The number of nitrogens with one attached hydrogen (secondary N) is 3. The van der Waals surface area contributed by atoms with Gasteiger partial charge in [-0.3, -0.25) is 35.9 Å². The van der Waals surface area contributed by atoms with Crippen LogP contribution in [0.3, 0.4) is 0 Å². The first-order chi connectivity index (χ1) is 62.7. The molecule has 0 amide bonds. The van der Waals surface area contributed by atoms with Crippen LogP contribution < -0.4 is 36.5 Å². The minimum atomic E-state index is -4.12. The number of ketones is 4. The highest BCUT2D eigenvalue weighted by molar-refractivity contribution is 7.91. The van der Waals surface area contributed by atoms with Crippen LogP contribution in [0.4, 0.5) is 17.5 Å². The number of nitrogens with two attached hydrogens (primary N) is 4. The monoisotopic (exact) mass is 1980 g/mol. The number of aliphatic hydroxyl groups is 5. The zero-order valence-corrected chi connectivity index (χ0v) is 77.8. The lowest BCUT2D eigenvalue weighted by Crippen LogP contribution is -2.24. The van der Waals surface area contributed by atoms with Gasteiger partial charge in [-0.2, -0.15) is 33.7 Å². The van der Waals surface area contributed by atoms with Gasteiger partial charge in [-0.15, -0.1) is 34.0 Å². The summed E-state index contributed by atoms with van der Waals surface area (Å²) >= 11 is 3.86. The second-order valence-electron chi connectivity index (χ2n) is 33.1. The molecule has 1 unspecified atom stereocenters. The van der Waals surface area contributed by atoms with Gasteiger partial charge < -0.3 is 50.6 Å². The first-order valence-electron chi connectivity index (χ1n) is 41.9. The number of ether oxygens (including phenoxy) is 1. The Labute approximate surface area is 774 Å². The summed E-state index contributed by atoms with van der Waals surface area (Å²) in [6, 6.07) is 13.8. The van der Waals surface area contributed by atoms with E-state index in [9.17, 15) is 86.8 Å². The molecule has 9 heterocycles. The van der Waals surface area contributed by atoms with E-state index in [-0.39, 0.29) is 118 Å². The molecule has 9 aromatic rings. The van der Waals surface area contributed by atoms with Crippen molar-refractivity contribution in [3.63, 3.8) is 0 Å². The number of hydrogen-bond donors (Lipinski definition) is 12. The molecule has 1 aromatic carbocycles. The Morgan fingerprint density at radius 3 is 1.42 bits per heavy atom. The topological polar surface area (TPSA) is 643 Å². The minimum absolute atomic E-state index is 0.000893. The van der Waals surface area contributed by atoms with Crippen molar-refractivity contribution in [1.29, 1.82) is 0 Å². The molecule has 0 radical (unpaired) electrons. The van der Waals surface area contributed by atoms with Crippen LogP contribution in [0.2, 0.25) is 0 Å². The van der Waals surface area contributed by atoms with Crippen molar-refractivity contribution in [2.24, 2.45) is 56.1 Å². The molecule has 5 saturated carbocycles. The highest BCUT2D eigenvalue weighted by Crippen LogP contribution is 2.39. The quantitative estimate of drug-likeness (QED) is 0.0147. The maximum Gasteiger partial charge on any atom is 0.333 e. The number of aliphatic hydroxyl groups excluding tert-OH is 5. The lowest BCUT2D eigenvalue weighted by atomic mass is 9.85. The molecule has 1 aliphatic heterocycles. The normalized spacial score (nSPS) is 22.6. The maximum absolute atomic E-state index is 13.3. The number of furan rings is 1. The number of benzene rings is 1. The molecular weight excluding hydrogens is 1880 g/mol. The molecular formula is C84H103N15O25S8. The van der Waals surface area contributed by atoms with Crippen LogP contribution in [-0.2, 0) is 91.8 Å². The number of anilines is 3.